The lowest BCUT2D eigenvalue weighted by Gasteiger charge is -2.27. The lowest BCUT2D eigenvalue weighted by molar-refractivity contribution is 0.0536. The van der Waals surface area contributed by atoms with E-state index in [4.69, 9.17) is 4.74 Å². The number of methoxy groups -OCH3 is 1. The number of carbonyl (C=O) groups is 2. The van der Waals surface area contributed by atoms with Crippen LogP contribution in [0.1, 0.15) is 16.8 Å². The first-order valence-electron chi connectivity index (χ1n) is 6.56. The standard InChI is InChI=1S/C14H16N2O4/c1-20-12-6-7-15-11(12)8-16(14(18)19)10-5-3-2-4-9(10)13(15)17/h2-5,11-12H,6-8H2,1H3,(H,18,19). The summed E-state index contributed by atoms with van der Waals surface area (Å²) in [5.41, 5.74) is 0.892. The molecule has 0 saturated carbocycles. The quantitative estimate of drug-likeness (QED) is 0.842. The van der Waals surface area contributed by atoms with Crippen LogP contribution in [-0.4, -0.2) is 54.4 Å². The topological polar surface area (TPSA) is 70.1 Å². The molecular formula is C14H16N2O4. The van der Waals surface area contributed by atoms with Gasteiger partial charge in [0.1, 0.15) is 0 Å². The summed E-state index contributed by atoms with van der Waals surface area (Å²) in [4.78, 5) is 27.1. The Hall–Kier alpha value is -2.08. The molecule has 106 valence electrons. The summed E-state index contributed by atoms with van der Waals surface area (Å²) in [7, 11) is 1.60. The molecule has 1 fully saturated rings. The van der Waals surface area contributed by atoms with Crippen LogP contribution in [0.15, 0.2) is 24.3 Å². The summed E-state index contributed by atoms with van der Waals surface area (Å²) < 4.78 is 5.40. The van der Waals surface area contributed by atoms with E-state index in [1.165, 1.54) is 4.90 Å². The fraction of sp³-hybridized carbons (Fsp3) is 0.429. The lowest BCUT2D eigenvalue weighted by Crippen LogP contribution is -2.46. The predicted octanol–water partition coefficient (Wildman–Crippen LogP) is 1.41. The van der Waals surface area contributed by atoms with Gasteiger partial charge in [0, 0.05) is 13.7 Å². The van der Waals surface area contributed by atoms with Crippen LogP contribution >= 0.6 is 0 Å². The van der Waals surface area contributed by atoms with Gasteiger partial charge in [0.2, 0.25) is 0 Å². The van der Waals surface area contributed by atoms with Crippen molar-refractivity contribution in [2.75, 3.05) is 25.1 Å². The second-order valence-corrected chi connectivity index (χ2v) is 5.04. The molecule has 0 spiro atoms. The van der Waals surface area contributed by atoms with Crippen LogP contribution in [0.4, 0.5) is 10.5 Å². The normalized spacial score (nSPS) is 25.1. The van der Waals surface area contributed by atoms with Crippen LogP contribution in [0.2, 0.25) is 0 Å². The molecule has 2 atom stereocenters. The second kappa shape index (κ2) is 4.79. The molecule has 1 aromatic carbocycles. The summed E-state index contributed by atoms with van der Waals surface area (Å²) in [6, 6.07) is 6.62. The highest BCUT2D eigenvalue weighted by atomic mass is 16.5. The number of ether oxygens (including phenoxy) is 1. The van der Waals surface area contributed by atoms with Gasteiger partial charge in [-0.2, -0.15) is 0 Å². The molecule has 2 unspecified atom stereocenters. The SMILES string of the molecule is COC1CCN2C(=O)c3ccccc3N(C(=O)O)CC12. The maximum atomic E-state index is 12.6. The number of para-hydroxylation sites is 1. The molecule has 1 aromatic rings. The summed E-state index contributed by atoms with van der Waals surface area (Å²) >= 11 is 0. The van der Waals surface area contributed by atoms with E-state index in [1.54, 1.807) is 36.3 Å². The van der Waals surface area contributed by atoms with Crippen LogP contribution < -0.4 is 4.90 Å². The molecule has 2 heterocycles. The Morgan fingerprint density at radius 3 is 2.85 bits per heavy atom. The molecule has 2 amide bonds. The Kier molecular flexibility index (Phi) is 3.10. The molecule has 0 radical (unpaired) electrons. The van der Waals surface area contributed by atoms with Crippen LogP contribution in [-0.2, 0) is 4.74 Å². The van der Waals surface area contributed by atoms with E-state index in [0.717, 1.165) is 6.42 Å². The number of fused-ring (bicyclic) bond motifs is 2. The summed E-state index contributed by atoms with van der Waals surface area (Å²) in [6.07, 6.45) is -0.424. The maximum absolute atomic E-state index is 12.6. The number of amides is 2. The third-order valence-corrected chi connectivity index (χ3v) is 4.07. The zero-order valence-electron chi connectivity index (χ0n) is 11.2. The number of anilines is 1. The zero-order chi connectivity index (χ0) is 14.3. The van der Waals surface area contributed by atoms with Crippen molar-refractivity contribution in [2.45, 2.75) is 18.6 Å². The Morgan fingerprint density at radius 2 is 2.15 bits per heavy atom. The molecule has 20 heavy (non-hydrogen) atoms. The third-order valence-electron chi connectivity index (χ3n) is 4.07. The van der Waals surface area contributed by atoms with Crippen molar-refractivity contribution in [1.82, 2.24) is 4.90 Å². The molecule has 2 aliphatic heterocycles. The Labute approximate surface area is 116 Å². The molecule has 0 bridgehead atoms. The number of carboxylic acid groups (broad SMARTS) is 1. The van der Waals surface area contributed by atoms with Gasteiger partial charge in [-0.25, -0.2) is 4.79 Å². The average Bonchev–Trinajstić information content (AvgIpc) is 2.81. The monoisotopic (exact) mass is 276 g/mol. The molecule has 6 heteroatoms. The molecule has 2 aliphatic rings. The number of carbonyl (C=O) groups excluding carboxylic acids is 1. The fourth-order valence-electron chi connectivity index (χ4n) is 3.08. The van der Waals surface area contributed by atoms with E-state index in [2.05, 4.69) is 0 Å². The minimum Gasteiger partial charge on any atom is -0.465 e. The first kappa shape index (κ1) is 12.9. The van der Waals surface area contributed by atoms with Crippen molar-refractivity contribution in [2.24, 2.45) is 0 Å². The van der Waals surface area contributed by atoms with Gasteiger partial charge < -0.3 is 14.7 Å². The molecule has 3 rings (SSSR count). The lowest BCUT2D eigenvalue weighted by atomic mass is 10.1. The third kappa shape index (κ3) is 1.84. The smallest absolute Gasteiger partial charge is 0.411 e. The van der Waals surface area contributed by atoms with Crippen LogP contribution in [0, 0.1) is 0 Å². The fourth-order valence-corrected chi connectivity index (χ4v) is 3.08. The molecule has 6 nitrogen and oxygen atoms in total. The van der Waals surface area contributed by atoms with Crippen LogP contribution in [0.3, 0.4) is 0 Å². The first-order valence-corrected chi connectivity index (χ1v) is 6.56. The molecule has 0 aliphatic carbocycles. The van der Waals surface area contributed by atoms with Gasteiger partial charge >= 0.3 is 6.09 Å². The minimum atomic E-state index is -1.05. The van der Waals surface area contributed by atoms with E-state index in [9.17, 15) is 14.7 Å². The van der Waals surface area contributed by atoms with Crippen molar-refractivity contribution < 1.29 is 19.4 Å². The van der Waals surface area contributed by atoms with E-state index in [1.807, 2.05) is 0 Å². The van der Waals surface area contributed by atoms with E-state index in [0.29, 0.717) is 17.8 Å². The number of hydrogen-bond acceptors (Lipinski definition) is 3. The summed E-state index contributed by atoms with van der Waals surface area (Å²) in [5.74, 6) is -0.117. The van der Waals surface area contributed by atoms with Gasteiger partial charge in [-0.05, 0) is 18.6 Å². The molecular weight excluding hydrogens is 260 g/mol. The Balaban J connectivity index is 2.09. The number of nitrogens with zero attached hydrogens (tertiary/aromatic N) is 2. The number of rotatable bonds is 1. The highest BCUT2D eigenvalue weighted by molar-refractivity contribution is 6.04. The second-order valence-electron chi connectivity index (χ2n) is 5.04. The minimum absolute atomic E-state index is 0.116. The zero-order valence-corrected chi connectivity index (χ0v) is 11.2. The van der Waals surface area contributed by atoms with Crippen molar-refractivity contribution in [3.63, 3.8) is 0 Å². The van der Waals surface area contributed by atoms with Crippen molar-refractivity contribution in [3.05, 3.63) is 29.8 Å². The van der Waals surface area contributed by atoms with Crippen LogP contribution in [0.25, 0.3) is 0 Å². The predicted molar refractivity (Wildman–Crippen MR) is 72.1 cm³/mol. The van der Waals surface area contributed by atoms with Crippen LogP contribution in [0.5, 0.6) is 0 Å². The summed E-state index contributed by atoms with van der Waals surface area (Å²) in [6.45, 7) is 0.848. The Morgan fingerprint density at radius 1 is 1.40 bits per heavy atom. The van der Waals surface area contributed by atoms with Gasteiger partial charge in [0.25, 0.3) is 5.91 Å². The van der Waals surface area contributed by atoms with Crippen molar-refractivity contribution in [3.8, 4) is 0 Å². The largest absolute Gasteiger partial charge is 0.465 e. The highest BCUT2D eigenvalue weighted by Gasteiger charge is 2.43. The highest BCUT2D eigenvalue weighted by Crippen LogP contribution is 2.32. The van der Waals surface area contributed by atoms with Gasteiger partial charge in [0.15, 0.2) is 0 Å². The van der Waals surface area contributed by atoms with Gasteiger partial charge in [-0.3, -0.25) is 9.69 Å². The maximum Gasteiger partial charge on any atom is 0.411 e. The molecule has 1 saturated heterocycles. The number of benzene rings is 1. The van der Waals surface area contributed by atoms with Crippen molar-refractivity contribution >= 4 is 17.7 Å². The van der Waals surface area contributed by atoms with E-state index < -0.39 is 6.09 Å². The Bertz CT molecular complexity index is 560. The summed E-state index contributed by atoms with van der Waals surface area (Å²) in [5, 5.41) is 9.43. The van der Waals surface area contributed by atoms with Gasteiger partial charge in [0.05, 0.1) is 29.9 Å². The van der Waals surface area contributed by atoms with Gasteiger partial charge in [-0.1, -0.05) is 12.1 Å². The van der Waals surface area contributed by atoms with E-state index >= 15 is 0 Å². The molecule has 0 aromatic heterocycles. The first-order chi connectivity index (χ1) is 9.63. The molecule has 1 N–H and O–H groups in total. The van der Waals surface area contributed by atoms with Gasteiger partial charge in [-0.15, -0.1) is 0 Å². The van der Waals surface area contributed by atoms with E-state index in [-0.39, 0.29) is 24.6 Å². The average molecular weight is 276 g/mol. The number of hydrogen-bond donors (Lipinski definition) is 1. The van der Waals surface area contributed by atoms with Crippen molar-refractivity contribution in [1.29, 1.82) is 0 Å².